The SMILES string of the molecule is CCCCc1nc2c[n+]([O-])c3ccccc3c2n1Cc1cccc(NC(=O)OC(C)(C)C)c1. The molecule has 4 aromatic rings. The Balaban J connectivity index is 1.73. The van der Waals surface area contributed by atoms with Gasteiger partial charge in [0.25, 0.3) is 0 Å². The Labute approximate surface area is 193 Å². The fourth-order valence-corrected chi connectivity index (χ4v) is 3.99. The monoisotopic (exact) mass is 446 g/mol. The lowest BCUT2D eigenvalue weighted by molar-refractivity contribution is -0.575. The maximum Gasteiger partial charge on any atom is 0.412 e. The van der Waals surface area contributed by atoms with Crippen LogP contribution < -0.4 is 10.0 Å². The van der Waals surface area contributed by atoms with Gasteiger partial charge in [0.05, 0.1) is 10.9 Å². The molecule has 2 heterocycles. The number of imidazole rings is 1. The van der Waals surface area contributed by atoms with Crippen LogP contribution in [0.5, 0.6) is 0 Å². The van der Waals surface area contributed by atoms with Crippen LogP contribution in [-0.4, -0.2) is 21.2 Å². The minimum absolute atomic E-state index is 0.484. The van der Waals surface area contributed by atoms with Crippen LogP contribution in [0.2, 0.25) is 0 Å². The Hall–Kier alpha value is -3.61. The van der Waals surface area contributed by atoms with Crippen molar-refractivity contribution in [3.63, 3.8) is 0 Å². The normalized spacial score (nSPS) is 11.8. The molecule has 0 aliphatic heterocycles. The van der Waals surface area contributed by atoms with Gasteiger partial charge in [-0.05, 0) is 51.0 Å². The number of anilines is 1. The maximum absolute atomic E-state index is 12.5. The number of carbonyl (C=O) groups excluding carboxylic acids is 1. The number of rotatable bonds is 6. The van der Waals surface area contributed by atoms with E-state index in [4.69, 9.17) is 9.72 Å². The summed E-state index contributed by atoms with van der Waals surface area (Å²) in [5.74, 6) is 0.953. The van der Waals surface area contributed by atoms with Crippen LogP contribution in [-0.2, 0) is 17.7 Å². The van der Waals surface area contributed by atoms with E-state index in [0.29, 0.717) is 23.3 Å². The lowest BCUT2D eigenvalue weighted by Gasteiger charge is -2.20. The number of carbonyl (C=O) groups is 1. The molecule has 1 N–H and O–H groups in total. The summed E-state index contributed by atoms with van der Waals surface area (Å²) < 4.78 is 8.46. The number of ether oxygens (including phenoxy) is 1. The zero-order valence-corrected chi connectivity index (χ0v) is 19.6. The molecule has 0 saturated heterocycles. The molecule has 0 spiro atoms. The third-order valence-electron chi connectivity index (χ3n) is 5.38. The average Bonchev–Trinajstić information content (AvgIpc) is 3.08. The molecule has 33 heavy (non-hydrogen) atoms. The highest BCUT2D eigenvalue weighted by Gasteiger charge is 2.19. The van der Waals surface area contributed by atoms with Gasteiger partial charge in [-0.3, -0.25) is 5.32 Å². The number of amides is 1. The van der Waals surface area contributed by atoms with Gasteiger partial charge in [-0.15, -0.1) is 0 Å². The summed E-state index contributed by atoms with van der Waals surface area (Å²) in [4.78, 5) is 17.0. The molecule has 0 aliphatic carbocycles. The average molecular weight is 447 g/mol. The van der Waals surface area contributed by atoms with Gasteiger partial charge < -0.3 is 14.5 Å². The van der Waals surface area contributed by atoms with Gasteiger partial charge in [-0.2, -0.15) is 4.73 Å². The first-order valence-electron chi connectivity index (χ1n) is 11.3. The van der Waals surface area contributed by atoms with Crippen molar-refractivity contribution in [2.24, 2.45) is 0 Å². The van der Waals surface area contributed by atoms with Crippen molar-refractivity contribution in [2.75, 3.05) is 5.32 Å². The standard InChI is InChI=1S/C26H30N4O3/c1-5-6-14-23-28-21-17-30(32)22-13-8-7-12-20(22)24(21)29(23)16-18-10-9-11-19(15-18)27-25(31)33-26(2,3)4/h7-13,15,17H,5-6,14,16H2,1-4H3,(H,27,31). The van der Waals surface area contributed by atoms with E-state index in [2.05, 4.69) is 16.8 Å². The van der Waals surface area contributed by atoms with Gasteiger partial charge >= 0.3 is 6.09 Å². The number of nitrogens with one attached hydrogen (secondary N) is 1. The van der Waals surface area contributed by atoms with E-state index >= 15 is 0 Å². The smallest absolute Gasteiger partial charge is 0.412 e. The minimum Gasteiger partial charge on any atom is -0.618 e. The lowest BCUT2D eigenvalue weighted by atomic mass is 10.1. The summed E-state index contributed by atoms with van der Waals surface area (Å²) in [5.41, 5.74) is 3.39. The summed E-state index contributed by atoms with van der Waals surface area (Å²) in [7, 11) is 0. The van der Waals surface area contributed by atoms with Crippen LogP contribution in [0, 0.1) is 5.21 Å². The molecule has 0 aliphatic rings. The number of para-hydroxylation sites is 1. The summed E-state index contributed by atoms with van der Waals surface area (Å²) >= 11 is 0. The van der Waals surface area contributed by atoms with Crippen LogP contribution >= 0.6 is 0 Å². The van der Waals surface area contributed by atoms with Gasteiger partial charge in [0.2, 0.25) is 11.7 Å². The van der Waals surface area contributed by atoms with Gasteiger partial charge in [0.15, 0.2) is 5.52 Å². The molecule has 0 unspecified atom stereocenters. The fourth-order valence-electron chi connectivity index (χ4n) is 3.99. The van der Waals surface area contributed by atoms with E-state index in [1.807, 2.05) is 69.3 Å². The quantitative estimate of drug-likeness (QED) is 0.310. The second-order valence-corrected chi connectivity index (χ2v) is 9.25. The van der Waals surface area contributed by atoms with Crippen molar-refractivity contribution in [2.45, 2.75) is 59.1 Å². The molecule has 172 valence electrons. The zero-order valence-electron chi connectivity index (χ0n) is 19.6. The second-order valence-electron chi connectivity index (χ2n) is 9.25. The topological polar surface area (TPSA) is 83.1 Å². The van der Waals surface area contributed by atoms with Crippen molar-refractivity contribution < 1.29 is 14.3 Å². The number of pyridine rings is 1. The molecule has 0 fully saturated rings. The van der Waals surface area contributed by atoms with E-state index in [-0.39, 0.29) is 0 Å². The van der Waals surface area contributed by atoms with Gasteiger partial charge in [0.1, 0.15) is 11.4 Å². The molecule has 0 bridgehead atoms. The van der Waals surface area contributed by atoms with Gasteiger partial charge in [-0.25, -0.2) is 9.78 Å². The molecule has 2 aromatic heterocycles. The van der Waals surface area contributed by atoms with Crippen molar-refractivity contribution in [1.82, 2.24) is 9.55 Å². The number of unbranched alkanes of at least 4 members (excludes halogenated alkanes) is 1. The van der Waals surface area contributed by atoms with Crippen molar-refractivity contribution >= 4 is 33.7 Å². The highest BCUT2D eigenvalue weighted by Crippen LogP contribution is 2.26. The largest absolute Gasteiger partial charge is 0.618 e. The number of fused-ring (bicyclic) bond motifs is 3. The molecule has 2 aromatic carbocycles. The van der Waals surface area contributed by atoms with E-state index in [0.717, 1.165) is 46.3 Å². The predicted molar refractivity (Wildman–Crippen MR) is 130 cm³/mol. The van der Waals surface area contributed by atoms with Crippen LogP contribution in [0.1, 0.15) is 51.9 Å². The summed E-state index contributed by atoms with van der Waals surface area (Å²) in [6.45, 7) is 8.23. The first-order chi connectivity index (χ1) is 15.7. The lowest BCUT2D eigenvalue weighted by Crippen LogP contribution is -2.27. The molecular formula is C26H30N4O3. The van der Waals surface area contributed by atoms with Crippen LogP contribution in [0.4, 0.5) is 10.5 Å². The maximum atomic E-state index is 12.5. The van der Waals surface area contributed by atoms with E-state index in [1.54, 1.807) is 6.20 Å². The van der Waals surface area contributed by atoms with Crippen LogP contribution in [0.3, 0.4) is 0 Å². The Morgan fingerprint density at radius 2 is 1.97 bits per heavy atom. The van der Waals surface area contributed by atoms with Crippen LogP contribution in [0.25, 0.3) is 21.9 Å². The second kappa shape index (κ2) is 9.10. The van der Waals surface area contributed by atoms with E-state index in [9.17, 15) is 10.0 Å². The first kappa shape index (κ1) is 22.6. The molecule has 0 atom stereocenters. The van der Waals surface area contributed by atoms with Crippen molar-refractivity contribution in [3.05, 3.63) is 71.3 Å². The third kappa shape index (κ3) is 5.08. The number of benzene rings is 2. The summed E-state index contributed by atoms with van der Waals surface area (Å²) in [6.07, 6.45) is 3.97. The number of aromatic nitrogens is 3. The van der Waals surface area contributed by atoms with Crippen molar-refractivity contribution in [3.8, 4) is 0 Å². The summed E-state index contributed by atoms with van der Waals surface area (Å²) in [5, 5.41) is 16.2. The zero-order chi connectivity index (χ0) is 23.6. The Kier molecular flexibility index (Phi) is 6.22. The molecule has 7 nitrogen and oxygen atoms in total. The fraction of sp³-hybridized carbons (Fsp3) is 0.346. The number of aryl methyl sites for hydroxylation is 1. The van der Waals surface area contributed by atoms with E-state index in [1.165, 1.54) is 0 Å². The van der Waals surface area contributed by atoms with Crippen LogP contribution in [0.15, 0.2) is 54.7 Å². The minimum atomic E-state index is -0.564. The number of hydrogen-bond acceptors (Lipinski definition) is 4. The Morgan fingerprint density at radius 1 is 1.18 bits per heavy atom. The first-order valence-corrected chi connectivity index (χ1v) is 11.3. The Morgan fingerprint density at radius 3 is 2.73 bits per heavy atom. The molecule has 0 radical (unpaired) electrons. The van der Waals surface area contributed by atoms with Gasteiger partial charge in [0, 0.05) is 24.7 Å². The molecule has 7 heteroatoms. The highest BCUT2D eigenvalue weighted by atomic mass is 16.6. The summed E-state index contributed by atoms with van der Waals surface area (Å²) in [6, 6.07) is 15.3. The molecule has 4 rings (SSSR count). The Bertz CT molecular complexity index is 1300. The molecule has 1 amide bonds. The third-order valence-corrected chi connectivity index (χ3v) is 5.38. The van der Waals surface area contributed by atoms with Crippen molar-refractivity contribution in [1.29, 1.82) is 0 Å². The number of nitrogens with zero attached hydrogens (tertiary/aromatic N) is 3. The van der Waals surface area contributed by atoms with Gasteiger partial charge in [-0.1, -0.05) is 37.6 Å². The predicted octanol–water partition coefficient (Wildman–Crippen LogP) is 5.56. The van der Waals surface area contributed by atoms with E-state index < -0.39 is 11.7 Å². The molecule has 0 saturated carbocycles. The number of hydrogen-bond donors (Lipinski definition) is 1. The highest BCUT2D eigenvalue weighted by molar-refractivity contribution is 6.00. The molecular weight excluding hydrogens is 416 g/mol.